The number of hydrogen-bond acceptors (Lipinski definition) is 5. The number of rotatable bonds is 5. The minimum absolute atomic E-state index is 0.0600. The van der Waals surface area contributed by atoms with Crippen LogP contribution in [0.2, 0.25) is 0 Å². The van der Waals surface area contributed by atoms with E-state index in [0.717, 1.165) is 11.1 Å². The van der Waals surface area contributed by atoms with Gasteiger partial charge in [-0.25, -0.2) is 4.98 Å². The Morgan fingerprint density at radius 1 is 1.12 bits per heavy atom. The molecule has 1 fully saturated rings. The van der Waals surface area contributed by atoms with Gasteiger partial charge in [-0.05, 0) is 30.0 Å². The summed E-state index contributed by atoms with van der Waals surface area (Å²) in [4.78, 5) is 44.6. The lowest BCUT2D eigenvalue weighted by Crippen LogP contribution is -2.56. The maximum Gasteiger partial charge on any atom is 0.265 e. The minimum Gasteiger partial charge on any atom is -0.506 e. The summed E-state index contributed by atoms with van der Waals surface area (Å²) < 4.78 is 1.21. The molecule has 0 saturated carbocycles. The first-order chi connectivity index (χ1) is 16.1. The Labute approximate surface area is 199 Å². The third-order valence-corrected chi connectivity index (χ3v) is 5.61. The smallest absolute Gasteiger partial charge is 0.265 e. The molecule has 8 nitrogen and oxygen atoms in total. The Kier molecular flexibility index (Phi) is 7.39. The Morgan fingerprint density at radius 3 is 2.38 bits per heavy atom. The van der Waals surface area contributed by atoms with Crippen molar-refractivity contribution in [2.75, 3.05) is 13.1 Å². The molecule has 0 atom stereocenters. The van der Waals surface area contributed by atoms with Crippen LogP contribution in [0.4, 0.5) is 0 Å². The van der Waals surface area contributed by atoms with Crippen molar-refractivity contribution in [2.24, 2.45) is 5.41 Å². The van der Waals surface area contributed by atoms with Crippen molar-refractivity contribution in [1.82, 2.24) is 19.8 Å². The number of amides is 2. The molecule has 2 N–H and O–H groups in total. The second kappa shape index (κ2) is 10.1. The predicted octanol–water partition coefficient (Wildman–Crippen LogP) is 3.24. The number of carbonyl (C=O) groups excluding carboxylic acids is 2. The van der Waals surface area contributed by atoms with Crippen molar-refractivity contribution in [2.45, 2.75) is 47.7 Å². The van der Waals surface area contributed by atoms with Crippen LogP contribution < -0.4 is 10.9 Å². The number of aromatic nitrogens is 2. The highest BCUT2D eigenvalue weighted by atomic mass is 16.3. The van der Waals surface area contributed by atoms with Gasteiger partial charge in [0.05, 0.1) is 6.20 Å². The van der Waals surface area contributed by atoms with E-state index in [1.54, 1.807) is 4.90 Å². The van der Waals surface area contributed by atoms with Crippen molar-refractivity contribution in [3.05, 3.63) is 69.6 Å². The largest absolute Gasteiger partial charge is 0.506 e. The minimum atomic E-state index is -0.592. The number of nitrogens with zero attached hydrogens (tertiary/aromatic N) is 3. The Balaban J connectivity index is 0.00000158. The maximum atomic E-state index is 13.2. The number of fused-ring (bicyclic) bond motifs is 1. The Hall–Kier alpha value is -3.68. The standard InChI is InChI=1S/C24H26N4O4.C2H6/c1-15-4-6-16(7-5-15)10-26-22(31)19-9-17-8-18(29)11-25-21(17)28(23(19)32)12-20(30)27-13-24(2,3)14-27;1-2/h4-9,11,29H,10,12-14H2,1-3H3,(H,26,31);1-2H3. The van der Waals surface area contributed by atoms with Crippen LogP contribution in [-0.2, 0) is 17.9 Å². The number of aryl methyl sites for hydroxylation is 1. The van der Waals surface area contributed by atoms with E-state index in [-0.39, 0.29) is 41.4 Å². The van der Waals surface area contributed by atoms with E-state index in [2.05, 4.69) is 24.1 Å². The van der Waals surface area contributed by atoms with Crippen LogP contribution in [0.1, 0.15) is 49.2 Å². The van der Waals surface area contributed by atoms with Gasteiger partial charge in [-0.15, -0.1) is 0 Å². The highest BCUT2D eigenvalue weighted by Gasteiger charge is 2.37. The fourth-order valence-electron chi connectivity index (χ4n) is 3.95. The topological polar surface area (TPSA) is 105 Å². The number of hydrogen-bond donors (Lipinski definition) is 2. The first kappa shape index (κ1) is 25.0. The van der Waals surface area contributed by atoms with Crippen molar-refractivity contribution >= 4 is 22.8 Å². The molecule has 1 aromatic carbocycles. The molecule has 8 heteroatoms. The van der Waals surface area contributed by atoms with E-state index < -0.39 is 11.5 Å². The molecule has 0 aliphatic carbocycles. The number of pyridine rings is 2. The molecule has 34 heavy (non-hydrogen) atoms. The second-order valence-electron chi connectivity index (χ2n) is 9.14. The van der Waals surface area contributed by atoms with Gasteiger partial charge < -0.3 is 15.3 Å². The molecular weight excluding hydrogens is 432 g/mol. The van der Waals surface area contributed by atoms with Gasteiger partial charge in [0, 0.05) is 25.0 Å². The van der Waals surface area contributed by atoms with E-state index in [9.17, 15) is 19.5 Å². The number of benzene rings is 1. The SMILES string of the molecule is CC.Cc1ccc(CNC(=O)c2cc3cc(O)cnc3n(CC(=O)N3CC(C)(C)C3)c2=O)cc1. The van der Waals surface area contributed by atoms with Gasteiger partial charge in [0.15, 0.2) is 0 Å². The van der Waals surface area contributed by atoms with Crippen LogP contribution in [0.25, 0.3) is 11.0 Å². The summed E-state index contributed by atoms with van der Waals surface area (Å²) in [6.07, 6.45) is 1.21. The van der Waals surface area contributed by atoms with Gasteiger partial charge in [0.2, 0.25) is 5.91 Å². The van der Waals surface area contributed by atoms with Crippen LogP contribution in [-0.4, -0.2) is 44.5 Å². The lowest BCUT2D eigenvalue weighted by molar-refractivity contribution is -0.142. The third kappa shape index (κ3) is 5.44. The number of aromatic hydroxyl groups is 1. The molecule has 180 valence electrons. The summed E-state index contributed by atoms with van der Waals surface area (Å²) in [6.45, 7) is 11.4. The Bertz CT molecular complexity index is 1250. The van der Waals surface area contributed by atoms with E-state index in [1.165, 1.54) is 22.9 Å². The lowest BCUT2D eigenvalue weighted by atomic mass is 9.84. The van der Waals surface area contributed by atoms with Gasteiger partial charge in [-0.2, -0.15) is 0 Å². The molecule has 2 amide bonds. The zero-order chi connectivity index (χ0) is 25.0. The summed E-state index contributed by atoms with van der Waals surface area (Å²) in [5, 5.41) is 13.0. The normalized spacial score (nSPS) is 14.1. The average Bonchev–Trinajstić information content (AvgIpc) is 2.79. The van der Waals surface area contributed by atoms with E-state index in [0.29, 0.717) is 18.5 Å². The first-order valence-corrected chi connectivity index (χ1v) is 11.5. The quantitative estimate of drug-likeness (QED) is 0.603. The fourth-order valence-corrected chi connectivity index (χ4v) is 3.95. The third-order valence-electron chi connectivity index (χ3n) is 5.61. The van der Waals surface area contributed by atoms with Gasteiger partial charge in [-0.3, -0.25) is 19.0 Å². The molecular formula is C26H32N4O4. The molecule has 1 aliphatic heterocycles. The van der Waals surface area contributed by atoms with Crippen LogP contribution in [0, 0.1) is 12.3 Å². The van der Waals surface area contributed by atoms with Gasteiger partial charge in [-0.1, -0.05) is 57.5 Å². The number of likely N-dealkylation sites (tertiary alicyclic amines) is 1. The van der Waals surface area contributed by atoms with Gasteiger partial charge in [0.1, 0.15) is 23.5 Å². The van der Waals surface area contributed by atoms with Crippen LogP contribution in [0.3, 0.4) is 0 Å². The molecule has 0 unspecified atom stereocenters. The zero-order valence-electron chi connectivity index (χ0n) is 20.4. The fraction of sp³-hybridized carbons (Fsp3) is 0.385. The van der Waals surface area contributed by atoms with E-state index in [1.807, 2.05) is 45.0 Å². The lowest BCUT2D eigenvalue weighted by Gasteiger charge is -2.45. The molecule has 3 aromatic rings. The summed E-state index contributed by atoms with van der Waals surface area (Å²) in [5.41, 5.74) is 1.62. The highest BCUT2D eigenvalue weighted by Crippen LogP contribution is 2.29. The van der Waals surface area contributed by atoms with Crippen LogP contribution >= 0.6 is 0 Å². The molecule has 0 bridgehead atoms. The molecule has 4 rings (SSSR count). The summed E-state index contributed by atoms with van der Waals surface area (Å²) in [6, 6.07) is 10.5. The van der Waals surface area contributed by atoms with Gasteiger partial charge in [0.25, 0.3) is 11.5 Å². The van der Waals surface area contributed by atoms with Crippen molar-refractivity contribution in [3.8, 4) is 5.75 Å². The van der Waals surface area contributed by atoms with Crippen LogP contribution in [0.15, 0.2) is 47.4 Å². The molecule has 0 spiro atoms. The van der Waals surface area contributed by atoms with Crippen molar-refractivity contribution in [1.29, 1.82) is 0 Å². The molecule has 1 saturated heterocycles. The molecule has 3 heterocycles. The average molecular weight is 465 g/mol. The first-order valence-electron chi connectivity index (χ1n) is 11.5. The number of nitrogens with one attached hydrogen (secondary N) is 1. The monoisotopic (exact) mass is 464 g/mol. The predicted molar refractivity (Wildman–Crippen MR) is 132 cm³/mol. The maximum absolute atomic E-state index is 13.2. The summed E-state index contributed by atoms with van der Waals surface area (Å²) >= 11 is 0. The van der Waals surface area contributed by atoms with Crippen LogP contribution in [0.5, 0.6) is 5.75 Å². The summed E-state index contributed by atoms with van der Waals surface area (Å²) in [5.74, 6) is -0.851. The Morgan fingerprint density at radius 2 is 1.76 bits per heavy atom. The van der Waals surface area contributed by atoms with Gasteiger partial charge >= 0.3 is 0 Å². The van der Waals surface area contributed by atoms with E-state index in [4.69, 9.17) is 0 Å². The van der Waals surface area contributed by atoms with Crippen molar-refractivity contribution < 1.29 is 14.7 Å². The molecule has 0 radical (unpaired) electrons. The molecule has 1 aliphatic rings. The van der Waals surface area contributed by atoms with Crippen molar-refractivity contribution in [3.63, 3.8) is 0 Å². The second-order valence-corrected chi connectivity index (χ2v) is 9.14. The highest BCUT2D eigenvalue weighted by molar-refractivity contribution is 5.97. The van der Waals surface area contributed by atoms with E-state index >= 15 is 0 Å². The summed E-state index contributed by atoms with van der Waals surface area (Å²) in [7, 11) is 0. The molecule has 2 aromatic heterocycles. The number of carbonyl (C=O) groups is 2. The zero-order valence-corrected chi connectivity index (χ0v) is 20.4.